The van der Waals surface area contributed by atoms with Crippen LogP contribution in [0.1, 0.15) is 27.4 Å². The van der Waals surface area contributed by atoms with Gasteiger partial charge in [-0.15, -0.1) is 0 Å². The van der Waals surface area contributed by atoms with Gasteiger partial charge in [0, 0.05) is 0 Å². The molecule has 1 atom stereocenters. The van der Waals surface area contributed by atoms with Gasteiger partial charge in [-0.1, -0.05) is 24.3 Å². The number of rotatable bonds is 3. The van der Waals surface area contributed by atoms with E-state index < -0.39 is 11.8 Å². The van der Waals surface area contributed by atoms with E-state index in [2.05, 4.69) is 5.32 Å². The lowest BCUT2D eigenvalue weighted by Crippen LogP contribution is -2.30. The highest BCUT2D eigenvalue weighted by Crippen LogP contribution is 2.35. The van der Waals surface area contributed by atoms with Crippen LogP contribution in [0.25, 0.3) is 0 Å². The molecule has 0 saturated heterocycles. The van der Waals surface area contributed by atoms with Gasteiger partial charge < -0.3 is 10.4 Å². The molecule has 0 fully saturated rings. The van der Waals surface area contributed by atoms with Gasteiger partial charge in [0.1, 0.15) is 5.82 Å². The number of fused-ring (bicyclic) bond motifs is 1. The Morgan fingerprint density at radius 2 is 1.95 bits per heavy atom. The molecule has 1 aliphatic rings. The van der Waals surface area contributed by atoms with Gasteiger partial charge in [-0.2, -0.15) is 0 Å². The van der Waals surface area contributed by atoms with Gasteiger partial charge in [-0.3, -0.25) is 4.79 Å². The molecule has 0 radical (unpaired) electrons. The van der Waals surface area contributed by atoms with Crippen LogP contribution in [0.4, 0.5) is 10.1 Å². The van der Waals surface area contributed by atoms with E-state index in [0.29, 0.717) is 6.42 Å². The highest BCUT2D eigenvalue weighted by molar-refractivity contribution is 6.03. The van der Waals surface area contributed by atoms with Gasteiger partial charge in [0.25, 0.3) is 0 Å². The second-order valence-electron chi connectivity index (χ2n) is 4.94. The first-order valence-corrected chi connectivity index (χ1v) is 6.48. The molecule has 4 nitrogen and oxygen atoms in total. The van der Waals surface area contributed by atoms with Crippen molar-refractivity contribution in [2.45, 2.75) is 12.3 Å². The lowest BCUT2D eigenvalue weighted by atomic mass is 9.77. The van der Waals surface area contributed by atoms with E-state index in [1.54, 1.807) is 0 Å². The van der Waals surface area contributed by atoms with E-state index in [9.17, 15) is 14.0 Å². The van der Waals surface area contributed by atoms with Gasteiger partial charge >= 0.3 is 5.97 Å². The lowest BCUT2D eigenvalue weighted by molar-refractivity contribution is -0.118. The molecule has 1 aliphatic carbocycles. The standard InChI is InChI=1S/C16H12FNO3/c17-10-5-6-14(13(8-10)16(20)21)18-15(19)12-7-9-3-1-2-4-11(9)12/h1-6,8,12H,7H2,(H,18,19)(H,20,21). The molecule has 2 aromatic carbocycles. The number of carbonyl (C=O) groups is 2. The summed E-state index contributed by atoms with van der Waals surface area (Å²) in [6, 6.07) is 10.9. The van der Waals surface area contributed by atoms with Crippen molar-refractivity contribution < 1.29 is 19.1 Å². The fourth-order valence-electron chi connectivity index (χ4n) is 2.52. The third-order valence-electron chi connectivity index (χ3n) is 3.64. The highest BCUT2D eigenvalue weighted by Gasteiger charge is 2.32. The van der Waals surface area contributed by atoms with Crippen molar-refractivity contribution in [3.05, 3.63) is 65.0 Å². The summed E-state index contributed by atoms with van der Waals surface area (Å²) in [6.07, 6.45) is 0.631. The SMILES string of the molecule is O=C(O)c1cc(F)ccc1NC(=O)C1Cc2ccccc21. The van der Waals surface area contributed by atoms with Crippen LogP contribution in [0.15, 0.2) is 42.5 Å². The molecule has 0 aliphatic heterocycles. The summed E-state index contributed by atoms with van der Waals surface area (Å²) in [6.45, 7) is 0. The first-order valence-electron chi connectivity index (χ1n) is 6.48. The zero-order valence-electron chi connectivity index (χ0n) is 11.0. The van der Waals surface area contributed by atoms with Crippen molar-refractivity contribution in [1.29, 1.82) is 0 Å². The second-order valence-corrected chi connectivity index (χ2v) is 4.94. The van der Waals surface area contributed by atoms with E-state index in [1.165, 1.54) is 6.07 Å². The Morgan fingerprint density at radius 3 is 2.67 bits per heavy atom. The summed E-state index contributed by atoms with van der Waals surface area (Å²) in [5.74, 6) is -2.49. The Bertz CT molecular complexity index is 742. The molecule has 0 heterocycles. The quantitative estimate of drug-likeness (QED) is 0.911. The van der Waals surface area contributed by atoms with Crippen LogP contribution in [0.2, 0.25) is 0 Å². The summed E-state index contributed by atoms with van der Waals surface area (Å²) in [7, 11) is 0. The van der Waals surface area contributed by atoms with Crippen LogP contribution in [0, 0.1) is 5.82 Å². The lowest BCUT2D eigenvalue weighted by Gasteiger charge is -2.29. The average Bonchev–Trinajstić information content (AvgIpc) is 2.42. The normalized spacial score (nSPS) is 15.8. The number of halogens is 1. The summed E-state index contributed by atoms with van der Waals surface area (Å²) in [5.41, 5.74) is 1.93. The topological polar surface area (TPSA) is 66.4 Å². The largest absolute Gasteiger partial charge is 0.478 e. The van der Waals surface area contributed by atoms with E-state index >= 15 is 0 Å². The van der Waals surface area contributed by atoms with Crippen LogP contribution in [0.3, 0.4) is 0 Å². The Labute approximate surface area is 120 Å². The van der Waals surface area contributed by atoms with Gasteiger partial charge in [-0.05, 0) is 35.7 Å². The molecule has 3 rings (SSSR count). The number of carboxylic acids is 1. The number of aromatic carboxylic acids is 1. The first kappa shape index (κ1) is 13.3. The maximum atomic E-state index is 13.1. The van der Waals surface area contributed by atoms with Crippen molar-refractivity contribution in [1.82, 2.24) is 0 Å². The highest BCUT2D eigenvalue weighted by atomic mass is 19.1. The molecule has 21 heavy (non-hydrogen) atoms. The van der Waals surface area contributed by atoms with Gasteiger partial charge in [0.05, 0.1) is 17.2 Å². The van der Waals surface area contributed by atoms with Crippen molar-refractivity contribution in [2.75, 3.05) is 5.32 Å². The number of nitrogens with one attached hydrogen (secondary N) is 1. The third-order valence-corrected chi connectivity index (χ3v) is 3.64. The summed E-state index contributed by atoms with van der Waals surface area (Å²) >= 11 is 0. The van der Waals surface area contributed by atoms with Crippen LogP contribution in [0.5, 0.6) is 0 Å². The summed E-state index contributed by atoms with van der Waals surface area (Å²) in [4.78, 5) is 23.3. The summed E-state index contributed by atoms with van der Waals surface area (Å²) in [5, 5.41) is 11.6. The number of hydrogen-bond acceptors (Lipinski definition) is 2. The molecule has 1 unspecified atom stereocenters. The van der Waals surface area contributed by atoms with Gasteiger partial charge in [0.2, 0.25) is 5.91 Å². The molecule has 0 bridgehead atoms. The Balaban J connectivity index is 1.82. The predicted molar refractivity (Wildman–Crippen MR) is 74.9 cm³/mol. The first-order chi connectivity index (χ1) is 10.1. The smallest absolute Gasteiger partial charge is 0.337 e. The molecule has 2 N–H and O–H groups in total. The van der Waals surface area contributed by atoms with E-state index in [-0.39, 0.29) is 23.1 Å². The van der Waals surface area contributed by atoms with Crippen LogP contribution in [-0.4, -0.2) is 17.0 Å². The minimum atomic E-state index is -1.28. The monoisotopic (exact) mass is 285 g/mol. The zero-order chi connectivity index (χ0) is 15.0. The molecule has 106 valence electrons. The van der Waals surface area contributed by atoms with Crippen LogP contribution in [-0.2, 0) is 11.2 Å². The fourth-order valence-corrected chi connectivity index (χ4v) is 2.52. The van der Waals surface area contributed by atoms with Crippen LogP contribution >= 0.6 is 0 Å². The summed E-state index contributed by atoms with van der Waals surface area (Å²) < 4.78 is 13.1. The second kappa shape index (κ2) is 5.01. The number of hydrogen-bond donors (Lipinski definition) is 2. The van der Waals surface area contributed by atoms with Crippen LogP contribution < -0.4 is 5.32 Å². The molecule has 5 heteroatoms. The third kappa shape index (κ3) is 2.38. The Hall–Kier alpha value is -2.69. The predicted octanol–water partition coefficient (Wildman–Crippen LogP) is 2.80. The fraction of sp³-hybridized carbons (Fsp3) is 0.125. The van der Waals surface area contributed by atoms with Gasteiger partial charge in [-0.25, -0.2) is 9.18 Å². The number of carboxylic acid groups (broad SMARTS) is 1. The minimum absolute atomic E-state index is 0.110. The van der Waals surface area contributed by atoms with Crippen molar-refractivity contribution >= 4 is 17.6 Å². The number of amides is 1. The molecular weight excluding hydrogens is 273 g/mol. The Morgan fingerprint density at radius 1 is 1.19 bits per heavy atom. The minimum Gasteiger partial charge on any atom is -0.478 e. The molecule has 2 aromatic rings. The van der Waals surface area contributed by atoms with Crippen molar-refractivity contribution in [3.63, 3.8) is 0 Å². The maximum Gasteiger partial charge on any atom is 0.337 e. The van der Waals surface area contributed by atoms with Gasteiger partial charge in [0.15, 0.2) is 0 Å². The number of anilines is 1. The zero-order valence-corrected chi connectivity index (χ0v) is 11.0. The number of carbonyl (C=O) groups excluding carboxylic acids is 1. The van der Waals surface area contributed by atoms with E-state index in [1.807, 2.05) is 24.3 Å². The number of benzene rings is 2. The van der Waals surface area contributed by atoms with Crippen molar-refractivity contribution in [3.8, 4) is 0 Å². The maximum absolute atomic E-state index is 13.1. The van der Waals surface area contributed by atoms with E-state index in [0.717, 1.165) is 23.3 Å². The van der Waals surface area contributed by atoms with E-state index in [4.69, 9.17) is 5.11 Å². The molecule has 1 amide bonds. The molecule has 0 saturated carbocycles. The average molecular weight is 285 g/mol. The molecular formula is C16H12FNO3. The molecule has 0 spiro atoms. The van der Waals surface area contributed by atoms with Crippen molar-refractivity contribution in [2.24, 2.45) is 0 Å². The molecule has 0 aromatic heterocycles. The Kier molecular flexibility index (Phi) is 3.17.